The third-order valence-corrected chi connectivity index (χ3v) is 13.3. The molecule has 0 bridgehead atoms. The molecule has 1 aromatic heterocycles. The van der Waals surface area contributed by atoms with Crippen LogP contribution < -0.4 is 4.90 Å². The largest absolute Gasteiger partial charge is 0.314 e. The Morgan fingerprint density at radius 3 is 1.73 bits per heavy atom. The van der Waals surface area contributed by atoms with Crippen LogP contribution >= 0.6 is 11.3 Å². The number of nitrogens with zero attached hydrogens (tertiary/aromatic N) is 1. The highest BCUT2D eigenvalue weighted by Crippen LogP contribution is 2.58. The molecule has 0 aliphatic heterocycles. The van der Waals surface area contributed by atoms with Crippen LogP contribution in [0.3, 0.4) is 0 Å². The van der Waals surface area contributed by atoms with E-state index in [0.29, 0.717) is 0 Å². The first-order valence-electron chi connectivity index (χ1n) is 22.4. The number of hydrogen-bond acceptors (Lipinski definition) is 2. The second kappa shape index (κ2) is 19.4. The summed E-state index contributed by atoms with van der Waals surface area (Å²) in [6.07, 6.45) is 9.89. The van der Waals surface area contributed by atoms with Crippen molar-refractivity contribution >= 4 is 59.2 Å². The topological polar surface area (TPSA) is 3.24 Å². The predicted molar refractivity (Wildman–Crippen MR) is 278 cm³/mol. The van der Waals surface area contributed by atoms with Crippen molar-refractivity contribution in [3.8, 4) is 11.1 Å². The monoisotopic (exact) mass is 833 g/mol. The van der Waals surface area contributed by atoms with Crippen molar-refractivity contribution in [2.75, 3.05) is 4.90 Å². The maximum atomic E-state index is 3.36. The number of rotatable bonds is 7. The first-order valence-corrected chi connectivity index (χ1v) is 23.2. The highest BCUT2D eigenvalue weighted by atomic mass is 32.1. The van der Waals surface area contributed by atoms with Crippen LogP contribution in [0.5, 0.6) is 0 Å². The molecule has 2 aliphatic carbocycles. The molecule has 310 valence electrons. The fourth-order valence-corrected chi connectivity index (χ4v) is 10.7. The first kappa shape index (κ1) is 42.7. The standard InChI is InChI=1S/C53H37NS.C4H6.2C2H6/c1-2-15-41(16-3-1)54(42-31-27-37(28-32-42)39-26-25-36-13-4-5-14-38(36)35-39)43-33-29-40(30-34-43)53(48-21-9-6-17-44(48)45-18-7-10-22-49(45)53)50-23-12-20-47-46-19-8-11-24-51(46)55-52(47)50;1-3-4-2;2*1-2/h1-27,29-31,33-35H,28,32H2;3-4H,1-2H2;2*1-2H3. The summed E-state index contributed by atoms with van der Waals surface area (Å²) in [6.45, 7) is 14.7. The van der Waals surface area contributed by atoms with Gasteiger partial charge in [-0.2, -0.15) is 0 Å². The Kier molecular flexibility index (Phi) is 13.1. The minimum absolute atomic E-state index is 0.481. The molecular weight excluding hydrogens is 779 g/mol. The van der Waals surface area contributed by atoms with Crippen LogP contribution in [-0.2, 0) is 5.41 Å². The van der Waals surface area contributed by atoms with E-state index in [2.05, 4.69) is 218 Å². The van der Waals surface area contributed by atoms with Gasteiger partial charge in [0.05, 0.1) is 5.41 Å². The van der Waals surface area contributed by atoms with Crippen LogP contribution in [0.4, 0.5) is 11.4 Å². The van der Waals surface area contributed by atoms with Gasteiger partial charge in [-0.15, -0.1) is 11.3 Å². The number of allylic oxidation sites excluding steroid dienone is 6. The van der Waals surface area contributed by atoms with Crippen molar-refractivity contribution in [1.82, 2.24) is 0 Å². The van der Waals surface area contributed by atoms with Gasteiger partial charge in [0.25, 0.3) is 0 Å². The van der Waals surface area contributed by atoms with Crippen LogP contribution in [0.2, 0.25) is 0 Å². The summed E-state index contributed by atoms with van der Waals surface area (Å²) in [4.78, 5) is 2.45. The maximum Gasteiger partial charge on any atom is 0.0727 e. The number of benzene rings is 8. The van der Waals surface area contributed by atoms with Crippen LogP contribution in [0.25, 0.3) is 47.6 Å². The van der Waals surface area contributed by atoms with Crippen molar-refractivity contribution in [2.24, 2.45) is 0 Å². The number of hydrogen-bond donors (Lipinski definition) is 0. The van der Waals surface area contributed by atoms with Crippen molar-refractivity contribution in [3.05, 3.63) is 259 Å². The minimum Gasteiger partial charge on any atom is -0.314 e. The first-order chi connectivity index (χ1) is 31.2. The molecule has 1 nitrogen and oxygen atoms in total. The summed E-state index contributed by atoms with van der Waals surface area (Å²) < 4.78 is 2.68. The molecule has 2 heteroatoms. The van der Waals surface area contributed by atoms with E-state index in [0.717, 1.165) is 12.8 Å². The van der Waals surface area contributed by atoms with Gasteiger partial charge in [-0.1, -0.05) is 211 Å². The molecule has 0 unspecified atom stereocenters. The molecule has 0 fully saturated rings. The fourth-order valence-electron chi connectivity index (χ4n) is 9.39. The number of anilines is 2. The molecule has 8 aromatic carbocycles. The lowest BCUT2D eigenvalue weighted by molar-refractivity contribution is 0.777. The Labute approximate surface area is 378 Å². The van der Waals surface area contributed by atoms with E-state index in [9.17, 15) is 0 Å². The van der Waals surface area contributed by atoms with E-state index in [1.54, 1.807) is 12.2 Å². The highest BCUT2D eigenvalue weighted by Gasteiger charge is 2.47. The van der Waals surface area contributed by atoms with Crippen molar-refractivity contribution in [2.45, 2.75) is 46.0 Å². The zero-order valence-electron chi connectivity index (χ0n) is 36.9. The molecule has 11 rings (SSSR count). The average molecular weight is 834 g/mol. The second-order valence-electron chi connectivity index (χ2n) is 15.2. The Morgan fingerprint density at radius 2 is 1.06 bits per heavy atom. The van der Waals surface area contributed by atoms with Crippen molar-refractivity contribution < 1.29 is 0 Å². The van der Waals surface area contributed by atoms with E-state index >= 15 is 0 Å². The van der Waals surface area contributed by atoms with E-state index in [1.807, 2.05) is 39.0 Å². The SMILES string of the molecule is C1=C(c2ccc3ccccc3c2)CCC(N(c2ccccc2)c2ccc(C3(c4cccc5c4sc4ccccc45)c4ccccc4-c4ccccc43)cc2)=C1.C=CC=C.CC.CC. The van der Waals surface area contributed by atoms with Gasteiger partial charge in [0, 0.05) is 37.2 Å². The van der Waals surface area contributed by atoms with Crippen molar-refractivity contribution in [3.63, 3.8) is 0 Å². The molecule has 1 heterocycles. The lowest BCUT2D eigenvalue weighted by atomic mass is 9.67. The number of para-hydroxylation sites is 1. The van der Waals surface area contributed by atoms with Gasteiger partial charge < -0.3 is 4.90 Å². The average Bonchev–Trinajstić information content (AvgIpc) is 3.90. The van der Waals surface area contributed by atoms with Gasteiger partial charge in [0.1, 0.15) is 0 Å². The Bertz CT molecular complexity index is 3040. The van der Waals surface area contributed by atoms with Crippen LogP contribution in [0, 0.1) is 0 Å². The van der Waals surface area contributed by atoms with Gasteiger partial charge in [0.2, 0.25) is 0 Å². The molecule has 0 radical (unpaired) electrons. The molecule has 0 atom stereocenters. The third-order valence-electron chi connectivity index (χ3n) is 12.0. The third kappa shape index (κ3) is 7.77. The molecule has 0 N–H and O–H groups in total. The molecule has 2 aliphatic rings. The Balaban J connectivity index is 0.000000638. The maximum absolute atomic E-state index is 3.36. The van der Waals surface area contributed by atoms with Gasteiger partial charge in [-0.25, -0.2) is 0 Å². The van der Waals surface area contributed by atoms with Gasteiger partial charge in [-0.05, 0) is 111 Å². The van der Waals surface area contributed by atoms with Gasteiger partial charge >= 0.3 is 0 Å². The highest BCUT2D eigenvalue weighted by molar-refractivity contribution is 7.26. The Hall–Kier alpha value is -7.00. The molecule has 0 saturated heterocycles. The summed E-state index contributed by atoms with van der Waals surface area (Å²) in [5.74, 6) is 0. The molecule has 0 saturated carbocycles. The lowest BCUT2D eigenvalue weighted by Crippen LogP contribution is -2.29. The van der Waals surface area contributed by atoms with E-state index < -0.39 is 5.41 Å². The van der Waals surface area contributed by atoms with Gasteiger partial charge in [-0.3, -0.25) is 0 Å². The molecule has 0 amide bonds. The number of fused-ring (bicyclic) bond motifs is 7. The van der Waals surface area contributed by atoms with Crippen LogP contribution in [0.15, 0.2) is 231 Å². The predicted octanol–water partition coefficient (Wildman–Crippen LogP) is 17.9. The second-order valence-corrected chi connectivity index (χ2v) is 16.3. The summed E-state index contributed by atoms with van der Waals surface area (Å²) in [5.41, 5.74) is 13.8. The summed E-state index contributed by atoms with van der Waals surface area (Å²) in [6, 6.07) is 69.8. The Morgan fingerprint density at radius 1 is 0.492 bits per heavy atom. The summed E-state index contributed by atoms with van der Waals surface area (Å²) >= 11 is 1.92. The molecule has 0 spiro atoms. The normalized spacial score (nSPS) is 13.1. The minimum atomic E-state index is -0.481. The summed E-state index contributed by atoms with van der Waals surface area (Å²) in [7, 11) is 0. The molecular formula is C61H55NS. The van der Waals surface area contributed by atoms with Crippen LogP contribution in [0.1, 0.15) is 68.4 Å². The smallest absolute Gasteiger partial charge is 0.0727 e. The zero-order chi connectivity index (χ0) is 43.8. The lowest BCUT2D eigenvalue weighted by Gasteiger charge is -2.35. The molecule has 63 heavy (non-hydrogen) atoms. The fraction of sp³-hybridized carbons (Fsp3) is 0.115. The van der Waals surface area contributed by atoms with E-state index in [-0.39, 0.29) is 0 Å². The summed E-state index contributed by atoms with van der Waals surface area (Å²) in [5, 5.41) is 5.22. The van der Waals surface area contributed by atoms with E-state index in [4.69, 9.17) is 0 Å². The number of thiophene rings is 1. The quantitative estimate of drug-likeness (QED) is 0.145. The van der Waals surface area contributed by atoms with Crippen LogP contribution in [-0.4, -0.2) is 0 Å². The molecule has 9 aromatic rings. The zero-order valence-corrected chi connectivity index (χ0v) is 37.7. The van der Waals surface area contributed by atoms with Crippen molar-refractivity contribution in [1.29, 1.82) is 0 Å². The van der Waals surface area contributed by atoms with Gasteiger partial charge in [0.15, 0.2) is 0 Å². The van der Waals surface area contributed by atoms with E-state index in [1.165, 1.54) is 92.5 Å².